The van der Waals surface area contributed by atoms with Crippen LogP contribution in [0.5, 0.6) is 0 Å². The Hall–Kier alpha value is -3.13. The zero-order valence-electron chi connectivity index (χ0n) is 20.2. The van der Waals surface area contributed by atoms with E-state index in [1.165, 1.54) is 11.8 Å². The van der Waals surface area contributed by atoms with E-state index in [0.29, 0.717) is 23.8 Å². The Bertz CT molecular complexity index is 1190. The standard InChI is InChI=1S/C26H31N5O2S/c1-5-30-24(22-7-6-14-31(22)25(33)20-12-9-17(2)10-13-20)28-29-26(30)34-16-23(32)27-21-15-18(3)8-11-19(21)4/h8-13,15,22H,5-7,14,16H2,1-4H3,(H,27,32). The van der Waals surface area contributed by atoms with Crippen molar-refractivity contribution in [1.29, 1.82) is 0 Å². The molecule has 34 heavy (non-hydrogen) atoms. The average Bonchev–Trinajstić information content (AvgIpc) is 3.46. The van der Waals surface area contributed by atoms with Gasteiger partial charge in [0.2, 0.25) is 5.91 Å². The van der Waals surface area contributed by atoms with E-state index >= 15 is 0 Å². The highest BCUT2D eigenvalue weighted by Crippen LogP contribution is 2.34. The lowest BCUT2D eigenvalue weighted by Crippen LogP contribution is -2.32. The highest BCUT2D eigenvalue weighted by molar-refractivity contribution is 7.99. The SMILES string of the molecule is CCn1c(SCC(=O)Nc2cc(C)ccc2C)nnc1C1CCCN1C(=O)c1ccc(C)cc1. The van der Waals surface area contributed by atoms with Gasteiger partial charge in [0.05, 0.1) is 11.8 Å². The van der Waals surface area contributed by atoms with Crippen LogP contribution in [0.4, 0.5) is 5.69 Å². The molecule has 0 bridgehead atoms. The molecule has 2 aromatic carbocycles. The number of hydrogen-bond donors (Lipinski definition) is 1. The minimum Gasteiger partial charge on any atom is -0.328 e. The molecular formula is C26H31N5O2S. The number of aromatic nitrogens is 3. The monoisotopic (exact) mass is 477 g/mol. The lowest BCUT2D eigenvalue weighted by molar-refractivity contribution is -0.113. The topological polar surface area (TPSA) is 80.1 Å². The summed E-state index contributed by atoms with van der Waals surface area (Å²) >= 11 is 1.37. The van der Waals surface area contributed by atoms with Crippen molar-refractivity contribution < 1.29 is 9.59 Å². The smallest absolute Gasteiger partial charge is 0.254 e. The maximum Gasteiger partial charge on any atom is 0.254 e. The molecule has 1 aliphatic rings. The maximum absolute atomic E-state index is 13.2. The lowest BCUT2D eigenvalue weighted by Gasteiger charge is -2.24. The molecule has 1 saturated heterocycles. The number of rotatable bonds is 7. The first-order valence-corrected chi connectivity index (χ1v) is 12.7. The van der Waals surface area contributed by atoms with Gasteiger partial charge in [0.1, 0.15) is 0 Å². The molecule has 0 aliphatic carbocycles. The van der Waals surface area contributed by atoms with Crippen LogP contribution in [0.3, 0.4) is 0 Å². The number of benzene rings is 2. The van der Waals surface area contributed by atoms with Gasteiger partial charge < -0.3 is 14.8 Å². The minimum atomic E-state index is -0.112. The second-order valence-electron chi connectivity index (χ2n) is 8.76. The van der Waals surface area contributed by atoms with E-state index in [1.807, 2.05) is 79.6 Å². The van der Waals surface area contributed by atoms with Crippen LogP contribution in [-0.4, -0.2) is 43.8 Å². The molecule has 1 unspecified atom stereocenters. The van der Waals surface area contributed by atoms with Crippen LogP contribution in [-0.2, 0) is 11.3 Å². The Morgan fingerprint density at radius 1 is 1.06 bits per heavy atom. The van der Waals surface area contributed by atoms with E-state index in [0.717, 1.165) is 41.0 Å². The summed E-state index contributed by atoms with van der Waals surface area (Å²) in [5.41, 5.74) is 4.79. The first-order valence-electron chi connectivity index (χ1n) is 11.7. The largest absolute Gasteiger partial charge is 0.328 e. The van der Waals surface area contributed by atoms with Crippen molar-refractivity contribution >= 4 is 29.3 Å². The summed E-state index contributed by atoms with van der Waals surface area (Å²) in [4.78, 5) is 27.7. The van der Waals surface area contributed by atoms with Crippen molar-refractivity contribution in [2.45, 2.75) is 58.3 Å². The highest BCUT2D eigenvalue weighted by atomic mass is 32.2. The van der Waals surface area contributed by atoms with E-state index in [-0.39, 0.29) is 23.6 Å². The third kappa shape index (κ3) is 5.17. The Labute approximate surface area is 205 Å². The number of hydrogen-bond acceptors (Lipinski definition) is 5. The molecule has 1 aliphatic heterocycles. The van der Waals surface area contributed by atoms with Gasteiger partial charge in [-0.25, -0.2) is 0 Å². The van der Waals surface area contributed by atoms with Crippen LogP contribution in [0.1, 0.15) is 58.7 Å². The number of nitrogens with one attached hydrogen (secondary N) is 1. The Morgan fingerprint density at radius 3 is 2.53 bits per heavy atom. The van der Waals surface area contributed by atoms with Crippen molar-refractivity contribution in [1.82, 2.24) is 19.7 Å². The minimum absolute atomic E-state index is 0.0234. The van der Waals surface area contributed by atoms with Gasteiger partial charge in [0, 0.05) is 24.3 Å². The fourth-order valence-corrected chi connectivity index (χ4v) is 5.09. The van der Waals surface area contributed by atoms with E-state index in [2.05, 4.69) is 15.5 Å². The molecule has 3 aromatic rings. The van der Waals surface area contributed by atoms with Crippen molar-refractivity contribution in [2.24, 2.45) is 0 Å². The van der Waals surface area contributed by atoms with Crippen LogP contribution in [0, 0.1) is 20.8 Å². The number of likely N-dealkylation sites (tertiary alicyclic amines) is 1. The quantitative estimate of drug-likeness (QED) is 0.488. The number of carbonyl (C=O) groups excluding carboxylic acids is 2. The summed E-state index contributed by atoms with van der Waals surface area (Å²) in [6, 6.07) is 13.6. The van der Waals surface area contributed by atoms with E-state index < -0.39 is 0 Å². The molecule has 178 valence electrons. The molecule has 1 atom stereocenters. The summed E-state index contributed by atoms with van der Waals surface area (Å²) in [7, 11) is 0. The Kier molecular flexibility index (Phi) is 7.36. The number of nitrogens with zero attached hydrogens (tertiary/aromatic N) is 4. The predicted octanol–water partition coefficient (Wildman–Crippen LogP) is 4.93. The van der Waals surface area contributed by atoms with Crippen LogP contribution < -0.4 is 5.32 Å². The third-order valence-electron chi connectivity index (χ3n) is 6.17. The fraction of sp³-hybridized carbons (Fsp3) is 0.385. The average molecular weight is 478 g/mol. The van der Waals surface area contributed by atoms with Gasteiger partial charge in [-0.3, -0.25) is 9.59 Å². The molecule has 8 heteroatoms. The number of thioether (sulfide) groups is 1. The zero-order valence-corrected chi connectivity index (χ0v) is 21.0. The van der Waals surface area contributed by atoms with E-state index in [1.54, 1.807) is 0 Å². The molecule has 1 fully saturated rings. The summed E-state index contributed by atoms with van der Waals surface area (Å²) in [6.07, 6.45) is 1.78. The van der Waals surface area contributed by atoms with E-state index in [9.17, 15) is 9.59 Å². The van der Waals surface area contributed by atoms with Crippen LogP contribution in [0.2, 0.25) is 0 Å². The molecule has 4 rings (SSSR count). The highest BCUT2D eigenvalue weighted by Gasteiger charge is 2.34. The molecule has 7 nitrogen and oxygen atoms in total. The summed E-state index contributed by atoms with van der Waals surface area (Å²) in [5, 5.41) is 12.5. The maximum atomic E-state index is 13.2. The molecule has 1 aromatic heterocycles. The van der Waals surface area contributed by atoms with Crippen LogP contribution in [0.25, 0.3) is 0 Å². The van der Waals surface area contributed by atoms with Gasteiger partial charge >= 0.3 is 0 Å². The van der Waals surface area contributed by atoms with Gasteiger partial charge in [0.15, 0.2) is 11.0 Å². The van der Waals surface area contributed by atoms with Crippen molar-refractivity contribution in [3.8, 4) is 0 Å². The van der Waals surface area contributed by atoms with Crippen molar-refractivity contribution in [3.63, 3.8) is 0 Å². The van der Waals surface area contributed by atoms with E-state index in [4.69, 9.17) is 0 Å². The van der Waals surface area contributed by atoms with Crippen molar-refractivity contribution in [3.05, 3.63) is 70.5 Å². The van der Waals surface area contributed by atoms with Gasteiger partial charge in [-0.05, 0) is 69.9 Å². The molecule has 0 spiro atoms. The molecule has 0 radical (unpaired) electrons. The zero-order chi connectivity index (χ0) is 24.2. The lowest BCUT2D eigenvalue weighted by atomic mass is 10.1. The summed E-state index contributed by atoms with van der Waals surface area (Å²) in [5.74, 6) is 0.971. The number of amides is 2. The van der Waals surface area contributed by atoms with Gasteiger partial charge in [-0.1, -0.05) is 41.6 Å². The first kappa shape index (κ1) is 24.0. The Balaban J connectivity index is 1.46. The van der Waals surface area contributed by atoms with Crippen molar-refractivity contribution in [2.75, 3.05) is 17.6 Å². The predicted molar refractivity (Wildman–Crippen MR) is 135 cm³/mol. The second kappa shape index (κ2) is 10.4. The molecule has 2 amide bonds. The normalized spacial score (nSPS) is 15.5. The molecule has 2 heterocycles. The summed E-state index contributed by atoms with van der Waals surface area (Å²) in [6.45, 7) is 9.41. The first-order chi connectivity index (χ1) is 16.4. The third-order valence-corrected chi connectivity index (χ3v) is 7.14. The Morgan fingerprint density at radius 2 is 1.79 bits per heavy atom. The van der Waals surface area contributed by atoms with Crippen LogP contribution >= 0.6 is 11.8 Å². The number of anilines is 1. The van der Waals surface area contributed by atoms with Gasteiger partial charge in [0.25, 0.3) is 5.91 Å². The molecular weight excluding hydrogens is 446 g/mol. The van der Waals surface area contributed by atoms with Gasteiger partial charge in [-0.15, -0.1) is 10.2 Å². The fourth-order valence-electron chi connectivity index (χ4n) is 4.28. The van der Waals surface area contributed by atoms with Gasteiger partial charge in [-0.2, -0.15) is 0 Å². The molecule has 1 N–H and O–H groups in total. The number of carbonyl (C=O) groups is 2. The number of aryl methyl sites for hydroxylation is 3. The molecule has 0 saturated carbocycles. The van der Waals surface area contributed by atoms with Crippen LogP contribution in [0.15, 0.2) is 47.6 Å². The summed E-state index contributed by atoms with van der Waals surface area (Å²) < 4.78 is 2.03. The second-order valence-corrected chi connectivity index (χ2v) is 9.71.